The lowest BCUT2D eigenvalue weighted by Gasteiger charge is -2.12. The van der Waals surface area contributed by atoms with Gasteiger partial charge in [0, 0.05) is 0 Å². The molecular formula is C14H9Cl5O4S. The predicted molar refractivity (Wildman–Crippen MR) is 97.7 cm³/mol. The molecule has 0 aromatic heterocycles. The number of rotatable bonds is 5. The minimum absolute atomic E-state index is 0.0446. The Balaban J connectivity index is 2.10. The van der Waals surface area contributed by atoms with E-state index in [4.69, 9.17) is 62.2 Å². The largest absolute Gasteiger partial charge is 0.449 e. The van der Waals surface area contributed by atoms with Crippen LogP contribution in [0.15, 0.2) is 42.5 Å². The average molecular weight is 451 g/mol. The molecule has 0 aliphatic rings. The summed E-state index contributed by atoms with van der Waals surface area (Å²) < 4.78 is 30.6. The predicted octanol–water partition coefficient (Wildman–Crippen LogP) is 5.67. The van der Waals surface area contributed by atoms with Gasteiger partial charge in [0.2, 0.25) is 3.79 Å². The van der Waals surface area contributed by atoms with E-state index in [1.165, 1.54) is 12.1 Å². The van der Waals surface area contributed by atoms with Crippen molar-refractivity contribution in [3.63, 3.8) is 0 Å². The highest BCUT2D eigenvalue weighted by Gasteiger charge is 2.25. The minimum Gasteiger partial charge on any atom is -0.362 e. The second-order valence-electron chi connectivity index (χ2n) is 4.52. The van der Waals surface area contributed by atoms with Crippen molar-refractivity contribution in [3.05, 3.63) is 52.5 Å². The minimum atomic E-state index is -4.35. The molecule has 0 bridgehead atoms. The zero-order chi connectivity index (χ0) is 18.0. The van der Waals surface area contributed by atoms with Crippen molar-refractivity contribution in [2.45, 2.75) is 3.79 Å². The fraction of sp³-hybridized carbons (Fsp3) is 0.143. The molecule has 0 atom stereocenters. The SMILES string of the molecule is O=S(=O)(OCC(Cl)(Cl)Cl)Oc1ccc(-c2ccc(Cl)c(Cl)c2)cc1. The summed E-state index contributed by atoms with van der Waals surface area (Å²) in [5.41, 5.74) is 1.60. The quantitative estimate of drug-likeness (QED) is 0.551. The summed E-state index contributed by atoms with van der Waals surface area (Å²) in [6, 6.07) is 11.4. The molecule has 130 valence electrons. The van der Waals surface area contributed by atoms with Crippen LogP contribution in [0.3, 0.4) is 0 Å². The third-order valence-corrected chi connectivity index (χ3v) is 4.54. The molecule has 0 amide bonds. The maximum atomic E-state index is 11.6. The van der Waals surface area contributed by atoms with E-state index in [-0.39, 0.29) is 5.75 Å². The number of benzene rings is 2. The van der Waals surface area contributed by atoms with E-state index < -0.39 is 20.8 Å². The molecule has 24 heavy (non-hydrogen) atoms. The van der Waals surface area contributed by atoms with Gasteiger partial charge in [-0.15, -0.1) is 0 Å². The second-order valence-corrected chi connectivity index (χ2v) is 9.07. The van der Waals surface area contributed by atoms with Crippen molar-refractivity contribution < 1.29 is 16.8 Å². The lowest BCUT2D eigenvalue weighted by Crippen LogP contribution is -2.21. The van der Waals surface area contributed by atoms with Crippen molar-refractivity contribution in [2.75, 3.05) is 6.61 Å². The Labute approximate surface area is 164 Å². The summed E-state index contributed by atoms with van der Waals surface area (Å²) in [6.45, 7) is -0.665. The van der Waals surface area contributed by atoms with Gasteiger partial charge in [0.25, 0.3) is 0 Å². The highest BCUT2D eigenvalue weighted by Crippen LogP contribution is 2.30. The molecule has 2 aromatic carbocycles. The summed E-state index contributed by atoms with van der Waals surface area (Å²) in [6.07, 6.45) is 0. The summed E-state index contributed by atoms with van der Waals surface area (Å²) in [5, 5.41) is 0.856. The first-order valence-corrected chi connectivity index (χ1v) is 9.49. The average Bonchev–Trinajstić information content (AvgIpc) is 2.48. The van der Waals surface area contributed by atoms with Crippen LogP contribution in [0.4, 0.5) is 0 Å². The Hall–Kier alpha value is -0.400. The van der Waals surface area contributed by atoms with Gasteiger partial charge in [0.15, 0.2) is 0 Å². The zero-order valence-electron chi connectivity index (χ0n) is 11.7. The van der Waals surface area contributed by atoms with E-state index in [1.54, 1.807) is 30.3 Å². The van der Waals surface area contributed by atoms with Crippen LogP contribution in [0.5, 0.6) is 5.75 Å². The molecule has 0 spiro atoms. The molecule has 0 aliphatic heterocycles. The van der Waals surface area contributed by atoms with Gasteiger partial charge >= 0.3 is 10.4 Å². The summed E-state index contributed by atoms with van der Waals surface area (Å²) in [4.78, 5) is 0. The normalized spacial score (nSPS) is 12.2. The topological polar surface area (TPSA) is 52.6 Å². The van der Waals surface area contributed by atoms with Crippen LogP contribution in [0.1, 0.15) is 0 Å². The maximum Gasteiger partial charge on any atom is 0.449 e. The molecule has 0 fully saturated rings. The molecule has 0 saturated heterocycles. The van der Waals surface area contributed by atoms with Gasteiger partial charge in [-0.2, -0.15) is 8.42 Å². The highest BCUT2D eigenvalue weighted by molar-refractivity contribution is 7.82. The molecule has 2 aromatic rings. The Morgan fingerprint density at radius 2 is 1.46 bits per heavy atom. The molecule has 0 N–H and O–H groups in total. The van der Waals surface area contributed by atoms with Gasteiger partial charge < -0.3 is 4.18 Å². The maximum absolute atomic E-state index is 11.6. The molecule has 10 heteroatoms. The summed E-state index contributed by atoms with van der Waals surface area (Å²) in [7, 11) is -4.35. The van der Waals surface area contributed by atoms with Gasteiger partial charge in [-0.3, -0.25) is 0 Å². The third-order valence-electron chi connectivity index (χ3n) is 2.67. The number of hydrogen-bond acceptors (Lipinski definition) is 4. The van der Waals surface area contributed by atoms with Crippen molar-refractivity contribution >= 4 is 68.4 Å². The monoisotopic (exact) mass is 448 g/mol. The zero-order valence-corrected chi connectivity index (χ0v) is 16.3. The first-order valence-electron chi connectivity index (χ1n) is 6.27. The first-order chi connectivity index (χ1) is 11.1. The van der Waals surface area contributed by atoms with Crippen LogP contribution in [0, 0.1) is 0 Å². The fourth-order valence-electron chi connectivity index (χ4n) is 1.66. The standard InChI is InChI=1S/C14H9Cl5O4S/c15-12-6-3-10(7-13(12)16)9-1-4-11(5-2-9)23-24(20,21)22-8-14(17,18)19/h1-7H,8H2. The van der Waals surface area contributed by atoms with E-state index >= 15 is 0 Å². The van der Waals surface area contributed by atoms with E-state index in [1.807, 2.05) is 0 Å². The van der Waals surface area contributed by atoms with E-state index in [0.717, 1.165) is 11.1 Å². The van der Waals surface area contributed by atoms with E-state index in [0.29, 0.717) is 10.0 Å². The van der Waals surface area contributed by atoms with Crippen LogP contribution in [-0.4, -0.2) is 18.8 Å². The smallest absolute Gasteiger partial charge is 0.362 e. The lowest BCUT2D eigenvalue weighted by atomic mass is 10.1. The highest BCUT2D eigenvalue weighted by atomic mass is 35.6. The molecule has 0 heterocycles. The Kier molecular flexibility index (Phi) is 6.53. The van der Waals surface area contributed by atoms with Crippen LogP contribution in [0.25, 0.3) is 11.1 Å². The van der Waals surface area contributed by atoms with E-state index in [2.05, 4.69) is 4.18 Å². The van der Waals surface area contributed by atoms with Crippen LogP contribution >= 0.6 is 58.0 Å². The van der Waals surface area contributed by atoms with Crippen LogP contribution in [0.2, 0.25) is 10.0 Å². The van der Waals surface area contributed by atoms with Crippen molar-refractivity contribution in [2.24, 2.45) is 0 Å². The second kappa shape index (κ2) is 7.87. The van der Waals surface area contributed by atoms with Gasteiger partial charge in [-0.1, -0.05) is 76.2 Å². The van der Waals surface area contributed by atoms with Crippen LogP contribution in [-0.2, 0) is 14.6 Å². The van der Waals surface area contributed by atoms with Gasteiger partial charge in [0.1, 0.15) is 12.4 Å². The fourth-order valence-corrected chi connectivity index (χ4v) is 3.03. The number of hydrogen-bond donors (Lipinski definition) is 0. The molecular weight excluding hydrogens is 441 g/mol. The van der Waals surface area contributed by atoms with Crippen molar-refractivity contribution in [3.8, 4) is 16.9 Å². The Bertz CT molecular complexity index is 816. The molecule has 0 radical (unpaired) electrons. The number of alkyl halides is 3. The van der Waals surface area contributed by atoms with Crippen molar-refractivity contribution in [1.29, 1.82) is 0 Å². The van der Waals surface area contributed by atoms with Gasteiger partial charge in [-0.25, -0.2) is 4.18 Å². The number of halogens is 5. The van der Waals surface area contributed by atoms with Crippen LogP contribution < -0.4 is 4.18 Å². The molecule has 0 saturated carbocycles. The van der Waals surface area contributed by atoms with Crippen molar-refractivity contribution in [1.82, 2.24) is 0 Å². The lowest BCUT2D eigenvalue weighted by molar-refractivity contribution is 0.279. The molecule has 0 aliphatic carbocycles. The Morgan fingerprint density at radius 1 is 0.875 bits per heavy atom. The molecule has 4 nitrogen and oxygen atoms in total. The van der Waals surface area contributed by atoms with Gasteiger partial charge in [0.05, 0.1) is 10.0 Å². The summed E-state index contributed by atoms with van der Waals surface area (Å²) >= 11 is 28.1. The molecule has 0 unspecified atom stereocenters. The third kappa shape index (κ3) is 6.15. The first kappa shape index (κ1) is 19.9. The van der Waals surface area contributed by atoms with E-state index in [9.17, 15) is 8.42 Å². The summed E-state index contributed by atoms with van der Waals surface area (Å²) in [5.74, 6) is 0.0446. The Morgan fingerprint density at radius 3 is 2.00 bits per heavy atom. The molecule has 2 rings (SSSR count). The van der Waals surface area contributed by atoms with Gasteiger partial charge in [-0.05, 0) is 35.4 Å².